The maximum absolute atomic E-state index is 12.1. The number of carbonyl (C=O) groups excluding carboxylic acids is 1. The van der Waals surface area contributed by atoms with Crippen molar-refractivity contribution in [1.82, 2.24) is 4.98 Å². The number of aryl methyl sites for hydroxylation is 1. The minimum atomic E-state index is -0.0169. The van der Waals surface area contributed by atoms with E-state index in [-0.39, 0.29) is 5.91 Å². The van der Waals surface area contributed by atoms with Crippen molar-refractivity contribution in [1.29, 1.82) is 0 Å². The summed E-state index contributed by atoms with van der Waals surface area (Å²) in [6.45, 7) is 1.89. The van der Waals surface area contributed by atoms with Crippen LogP contribution < -0.4 is 4.90 Å². The molecule has 0 aliphatic carbocycles. The molecule has 0 spiro atoms. The van der Waals surface area contributed by atoms with Crippen LogP contribution in [0.5, 0.6) is 0 Å². The molecular formula is C12H12N2OS. The van der Waals surface area contributed by atoms with Gasteiger partial charge >= 0.3 is 0 Å². The van der Waals surface area contributed by atoms with Crippen LogP contribution in [0.4, 0.5) is 5.69 Å². The Balaban J connectivity index is 2.23. The van der Waals surface area contributed by atoms with E-state index in [1.807, 2.05) is 37.3 Å². The first-order chi connectivity index (χ1) is 7.68. The van der Waals surface area contributed by atoms with Crippen LogP contribution in [0.25, 0.3) is 0 Å². The largest absolute Gasteiger partial charge is 0.311 e. The highest BCUT2D eigenvalue weighted by atomic mass is 32.1. The molecule has 0 atom stereocenters. The fraction of sp³-hybridized carbons (Fsp3) is 0.167. The minimum absolute atomic E-state index is 0.0169. The summed E-state index contributed by atoms with van der Waals surface area (Å²) in [6.07, 6.45) is 1.63. The molecule has 2 aromatic rings. The summed E-state index contributed by atoms with van der Waals surface area (Å²) in [6, 6.07) is 9.57. The van der Waals surface area contributed by atoms with E-state index < -0.39 is 0 Å². The summed E-state index contributed by atoms with van der Waals surface area (Å²) in [5, 5.41) is 0.907. The molecule has 0 N–H and O–H groups in total. The van der Waals surface area contributed by atoms with Crippen molar-refractivity contribution in [3.05, 3.63) is 46.4 Å². The van der Waals surface area contributed by atoms with Crippen molar-refractivity contribution < 1.29 is 4.79 Å². The Morgan fingerprint density at radius 1 is 1.31 bits per heavy atom. The van der Waals surface area contributed by atoms with Gasteiger partial charge in [-0.1, -0.05) is 18.2 Å². The van der Waals surface area contributed by atoms with E-state index in [1.165, 1.54) is 11.3 Å². The van der Waals surface area contributed by atoms with Gasteiger partial charge in [0.25, 0.3) is 5.91 Å². The average Bonchev–Trinajstić information content (AvgIpc) is 2.75. The Kier molecular flexibility index (Phi) is 3.01. The summed E-state index contributed by atoms with van der Waals surface area (Å²) >= 11 is 1.42. The molecule has 0 aliphatic rings. The first-order valence-corrected chi connectivity index (χ1v) is 5.75. The van der Waals surface area contributed by atoms with E-state index in [1.54, 1.807) is 18.1 Å². The number of nitrogens with zero attached hydrogens (tertiary/aromatic N) is 2. The lowest BCUT2D eigenvalue weighted by molar-refractivity contribution is 0.0996. The maximum Gasteiger partial charge on any atom is 0.269 e. The number of hydrogen-bond acceptors (Lipinski definition) is 3. The van der Waals surface area contributed by atoms with Crippen LogP contribution in [0.15, 0.2) is 36.5 Å². The molecule has 0 bridgehead atoms. The van der Waals surface area contributed by atoms with E-state index >= 15 is 0 Å². The molecule has 4 heteroatoms. The Hall–Kier alpha value is -1.68. The molecule has 0 fully saturated rings. The van der Waals surface area contributed by atoms with E-state index in [9.17, 15) is 4.79 Å². The van der Waals surface area contributed by atoms with Crippen LogP contribution in [-0.2, 0) is 0 Å². The second-order valence-corrected chi connectivity index (χ2v) is 4.68. The van der Waals surface area contributed by atoms with Crippen molar-refractivity contribution in [2.45, 2.75) is 6.92 Å². The minimum Gasteiger partial charge on any atom is -0.311 e. The van der Waals surface area contributed by atoms with Crippen molar-refractivity contribution in [3.63, 3.8) is 0 Å². The van der Waals surface area contributed by atoms with Crippen LogP contribution in [0.1, 0.15) is 14.7 Å². The number of hydrogen-bond donors (Lipinski definition) is 0. The smallest absolute Gasteiger partial charge is 0.269 e. The molecule has 1 amide bonds. The van der Waals surface area contributed by atoms with Gasteiger partial charge in [-0.3, -0.25) is 4.79 Å². The van der Waals surface area contributed by atoms with Crippen LogP contribution in [0.2, 0.25) is 0 Å². The molecule has 82 valence electrons. The fourth-order valence-corrected chi connectivity index (χ4v) is 2.15. The first kappa shape index (κ1) is 10.8. The summed E-state index contributed by atoms with van der Waals surface area (Å²) in [5.41, 5.74) is 0.888. The lowest BCUT2D eigenvalue weighted by Gasteiger charge is -2.15. The Labute approximate surface area is 98.4 Å². The van der Waals surface area contributed by atoms with Gasteiger partial charge in [0, 0.05) is 12.7 Å². The van der Waals surface area contributed by atoms with Gasteiger partial charge in [0.05, 0.1) is 11.2 Å². The molecule has 0 saturated heterocycles. The quantitative estimate of drug-likeness (QED) is 0.797. The van der Waals surface area contributed by atoms with Crippen molar-refractivity contribution in [2.75, 3.05) is 11.9 Å². The van der Waals surface area contributed by atoms with Gasteiger partial charge < -0.3 is 4.90 Å². The summed E-state index contributed by atoms with van der Waals surface area (Å²) in [7, 11) is 1.77. The van der Waals surface area contributed by atoms with Crippen LogP contribution in [-0.4, -0.2) is 17.9 Å². The van der Waals surface area contributed by atoms with E-state index in [0.29, 0.717) is 4.88 Å². The summed E-state index contributed by atoms with van der Waals surface area (Å²) in [4.78, 5) is 18.4. The van der Waals surface area contributed by atoms with Gasteiger partial charge in [0.2, 0.25) is 0 Å². The van der Waals surface area contributed by atoms with Gasteiger partial charge in [0.1, 0.15) is 4.88 Å². The number of aromatic nitrogens is 1. The second-order valence-electron chi connectivity index (χ2n) is 3.44. The standard InChI is InChI=1S/C12H12N2OS/c1-9-13-8-11(16-9)12(15)14(2)10-6-4-3-5-7-10/h3-8H,1-2H3. The topological polar surface area (TPSA) is 33.2 Å². The molecule has 2 rings (SSSR count). The highest BCUT2D eigenvalue weighted by Gasteiger charge is 2.15. The van der Waals surface area contributed by atoms with Gasteiger partial charge in [0.15, 0.2) is 0 Å². The predicted molar refractivity (Wildman–Crippen MR) is 66.0 cm³/mol. The van der Waals surface area contributed by atoms with E-state index in [4.69, 9.17) is 0 Å². The average molecular weight is 232 g/mol. The molecule has 16 heavy (non-hydrogen) atoms. The maximum atomic E-state index is 12.1. The van der Waals surface area contributed by atoms with Gasteiger partial charge in [-0.05, 0) is 19.1 Å². The molecule has 1 aromatic heterocycles. The molecule has 1 heterocycles. The van der Waals surface area contributed by atoms with Crippen molar-refractivity contribution in [2.24, 2.45) is 0 Å². The molecule has 0 saturated carbocycles. The fourth-order valence-electron chi connectivity index (χ4n) is 1.39. The third-order valence-corrected chi connectivity index (χ3v) is 3.18. The van der Waals surface area contributed by atoms with Gasteiger partial charge in [-0.2, -0.15) is 0 Å². The SMILES string of the molecule is Cc1ncc(C(=O)N(C)c2ccccc2)s1. The third-order valence-electron chi connectivity index (χ3n) is 2.28. The number of anilines is 1. The third kappa shape index (κ3) is 2.12. The lowest BCUT2D eigenvalue weighted by atomic mass is 10.3. The van der Waals surface area contributed by atoms with Crippen LogP contribution in [0.3, 0.4) is 0 Å². The monoisotopic (exact) mass is 232 g/mol. The zero-order valence-corrected chi connectivity index (χ0v) is 9.99. The number of amides is 1. The molecule has 3 nitrogen and oxygen atoms in total. The Morgan fingerprint density at radius 2 is 2.00 bits per heavy atom. The van der Waals surface area contributed by atoms with Gasteiger partial charge in [-0.15, -0.1) is 11.3 Å². The summed E-state index contributed by atoms with van der Waals surface area (Å²) in [5.74, 6) is -0.0169. The summed E-state index contributed by atoms with van der Waals surface area (Å²) < 4.78 is 0. The Bertz CT molecular complexity index is 493. The van der Waals surface area contributed by atoms with Crippen LogP contribution in [0, 0.1) is 6.92 Å². The van der Waals surface area contributed by atoms with E-state index in [2.05, 4.69) is 4.98 Å². The number of carbonyl (C=O) groups is 1. The molecule has 0 unspecified atom stereocenters. The highest BCUT2D eigenvalue weighted by molar-refractivity contribution is 7.13. The van der Waals surface area contributed by atoms with Crippen molar-refractivity contribution in [3.8, 4) is 0 Å². The number of para-hydroxylation sites is 1. The van der Waals surface area contributed by atoms with E-state index in [0.717, 1.165) is 10.7 Å². The number of rotatable bonds is 2. The normalized spacial score (nSPS) is 10.1. The molecular weight excluding hydrogens is 220 g/mol. The van der Waals surface area contributed by atoms with Crippen molar-refractivity contribution >= 4 is 22.9 Å². The molecule has 1 aromatic carbocycles. The number of thiazole rings is 1. The van der Waals surface area contributed by atoms with Gasteiger partial charge in [-0.25, -0.2) is 4.98 Å². The first-order valence-electron chi connectivity index (χ1n) is 4.94. The highest BCUT2D eigenvalue weighted by Crippen LogP contribution is 2.18. The number of benzene rings is 1. The predicted octanol–water partition coefficient (Wildman–Crippen LogP) is 2.73. The second kappa shape index (κ2) is 4.45. The lowest BCUT2D eigenvalue weighted by Crippen LogP contribution is -2.25. The zero-order chi connectivity index (χ0) is 11.5. The Morgan fingerprint density at radius 3 is 2.56 bits per heavy atom. The molecule has 0 aliphatic heterocycles. The zero-order valence-electron chi connectivity index (χ0n) is 9.18. The van der Waals surface area contributed by atoms with Crippen LogP contribution >= 0.6 is 11.3 Å². The molecule has 0 radical (unpaired) electrons.